The van der Waals surface area contributed by atoms with Crippen molar-refractivity contribution in [2.24, 2.45) is 10.9 Å². The number of hydrogen-bond acceptors (Lipinski definition) is 2. The number of nitrogens with zero attached hydrogens (tertiary/aromatic N) is 2. The fourth-order valence-electron chi connectivity index (χ4n) is 1.40. The molecule has 1 aliphatic heterocycles. The maximum Gasteiger partial charge on any atom is 0.120 e. The van der Waals surface area contributed by atoms with Crippen molar-refractivity contribution in [3.63, 3.8) is 0 Å². The molecule has 0 aromatic carbocycles. The quantitative estimate of drug-likeness (QED) is 0.494. The highest BCUT2D eigenvalue weighted by molar-refractivity contribution is 5.62. The predicted octanol–water partition coefficient (Wildman–Crippen LogP) is 2.84. The van der Waals surface area contributed by atoms with E-state index in [1.807, 2.05) is 6.21 Å². The van der Waals surface area contributed by atoms with Crippen LogP contribution in [-0.4, -0.2) is 24.2 Å². The van der Waals surface area contributed by atoms with E-state index in [0.717, 1.165) is 31.2 Å². The molecule has 1 aliphatic rings. The van der Waals surface area contributed by atoms with Crippen molar-refractivity contribution < 1.29 is 0 Å². The van der Waals surface area contributed by atoms with Gasteiger partial charge in [0.15, 0.2) is 0 Å². The zero-order chi connectivity index (χ0) is 10.6. The molecule has 2 nitrogen and oxygen atoms in total. The summed E-state index contributed by atoms with van der Waals surface area (Å²) in [5.74, 6) is 1.71. The molecule has 0 atom stereocenters. The fourth-order valence-corrected chi connectivity index (χ4v) is 1.40. The SMILES string of the molecule is C=C(N=CC/C(C)=C\C)N1CC(C)C1. The van der Waals surface area contributed by atoms with Crippen LogP contribution in [0.4, 0.5) is 0 Å². The minimum Gasteiger partial charge on any atom is -0.356 e. The van der Waals surface area contributed by atoms with Crippen LogP contribution in [0.3, 0.4) is 0 Å². The Bertz CT molecular complexity index is 257. The third-order valence-corrected chi connectivity index (χ3v) is 2.58. The summed E-state index contributed by atoms with van der Waals surface area (Å²) in [5.41, 5.74) is 1.35. The van der Waals surface area contributed by atoms with Gasteiger partial charge in [0.1, 0.15) is 5.82 Å². The molecule has 0 saturated carbocycles. The lowest BCUT2D eigenvalue weighted by Crippen LogP contribution is -2.43. The van der Waals surface area contributed by atoms with Crippen LogP contribution in [-0.2, 0) is 0 Å². The molecule has 0 N–H and O–H groups in total. The lowest BCUT2D eigenvalue weighted by Gasteiger charge is -2.38. The Morgan fingerprint density at radius 3 is 2.71 bits per heavy atom. The number of allylic oxidation sites excluding steroid dienone is 2. The molecule has 2 heteroatoms. The van der Waals surface area contributed by atoms with Crippen molar-refractivity contribution in [3.05, 3.63) is 24.0 Å². The lowest BCUT2D eigenvalue weighted by molar-refractivity contribution is 0.157. The average molecular weight is 192 g/mol. The minimum atomic E-state index is 0.805. The van der Waals surface area contributed by atoms with Gasteiger partial charge in [-0.25, -0.2) is 4.99 Å². The van der Waals surface area contributed by atoms with Crippen LogP contribution in [0.15, 0.2) is 29.0 Å². The van der Waals surface area contributed by atoms with Crippen LogP contribution >= 0.6 is 0 Å². The second-order valence-electron chi connectivity index (χ2n) is 4.08. The molecule has 0 spiro atoms. The molecule has 0 aliphatic carbocycles. The lowest BCUT2D eigenvalue weighted by atomic mass is 10.0. The summed E-state index contributed by atoms with van der Waals surface area (Å²) in [6.07, 6.45) is 4.99. The Labute approximate surface area is 87.0 Å². The normalized spacial score (nSPS) is 18.8. The summed E-state index contributed by atoms with van der Waals surface area (Å²) in [6.45, 7) is 12.6. The van der Waals surface area contributed by atoms with Crippen LogP contribution in [0.25, 0.3) is 0 Å². The van der Waals surface area contributed by atoms with Gasteiger partial charge in [0.05, 0.1) is 0 Å². The maximum atomic E-state index is 4.33. The molecule has 0 bridgehead atoms. The zero-order valence-electron chi connectivity index (χ0n) is 9.45. The van der Waals surface area contributed by atoms with Gasteiger partial charge in [0.2, 0.25) is 0 Å². The molecule has 0 unspecified atom stereocenters. The van der Waals surface area contributed by atoms with E-state index in [4.69, 9.17) is 0 Å². The summed E-state index contributed by atoms with van der Waals surface area (Å²) >= 11 is 0. The molecule has 1 rings (SSSR count). The predicted molar refractivity (Wildman–Crippen MR) is 62.4 cm³/mol. The van der Waals surface area contributed by atoms with Gasteiger partial charge in [-0.2, -0.15) is 0 Å². The third-order valence-electron chi connectivity index (χ3n) is 2.58. The summed E-state index contributed by atoms with van der Waals surface area (Å²) in [4.78, 5) is 6.55. The van der Waals surface area contributed by atoms with Crippen molar-refractivity contribution in [1.82, 2.24) is 4.90 Å². The second-order valence-corrected chi connectivity index (χ2v) is 4.08. The van der Waals surface area contributed by atoms with Gasteiger partial charge in [-0.15, -0.1) is 0 Å². The number of aliphatic imine (C=N–C) groups is 1. The Kier molecular flexibility index (Phi) is 3.93. The zero-order valence-corrected chi connectivity index (χ0v) is 9.45. The largest absolute Gasteiger partial charge is 0.356 e. The Hall–Kier alpha value is -1.05. The molecule has 0 aromatic rings. The van der Waals surface area contributed by atoms with E-state index < -0.39 is 0 Å². The van der Waals surface area contributed by atoms with E-state index in [1.54, 1.807) is 0 Å². The monoisotopic (exact) mass is 192 g/mol. The molecule has 0 aromatic heterocycles. The van der Waals surface area contributed by atoms with Gasteiger partial charge in [-0.05, 0) is 19.8 Å². The Morgan fingerprint density at radius 2 is 2.21 bits per heavy atom. The summed E-state index contributed by atoms with van der Waals surface area (Å²) < 4.78 is 0. The number of rotatable bonds is 4. The first-order chi connectivity index (χ1) is 6.63. The highest BCUT2D eigenvalue weighted by Crippen LogP contribution is 2.19. The van der Waals surface area contributed by atoms with Crippen molar-refractivity contribution >= 4 is 6.21 Å². The van der Waals surface area contributed by atoms with Gasteiger partial charge >= 0.3 is 0 Å². The van der Waals surface area contributed by atoms with Crippen LogP contribution < -0.4 is 0 Å². The third kappa shape index (κ3) is 3.02. The molecule has 1 fully saturated rings. The molecular formula is C12H20N2. The molecule has 78 valence electrons. The van der Waals surface area contributed by atoms with Crippen molar-refractivity contribution in [2.45, 2.75) is 27.2 Å². The summed E-state index contributed by atoms with van der Waals surface area (Å²) in [5, 5.41) is 0. The van der Waals surface area contributed by atoms with Crippen LogP contribution in [0, 0.1) is 5.92 Å². The van der Waals surface area contributed by atoms with E-state index >= 15 is 0 Å². The van der Waals surface area contributed by atoms with Crippen molar-refractivity contribution in [3.8, 4) is 0 Å². The van der Waals surface area contributed by atoms with Gasteiger partial charge in [0, 0.05) is 25.7 Å². The van der Waals surface area contributed by atoms with E-state index in [-0.39, 0.29) is 0 Å². The molecule has 1 heterocycles. The van der Waals surface area contributed by atoms with Crippen molar-refractivity contribution in [2.75, 3.05) is 13.1 Å². The van der Waals surface area contributed by atoms with Crippen LogP contribution in [0.5, 0.6) is 0 Å². The van der Waals surface area contributed by atoms with Crippen LogP contribution in [0.1, 0.15) is 27.2 Å². The van der Waals surface area contributed by atoms with E-state index in [0.29, 0.717) is 0 Å². The first-order valence-electron chi connectivity index (χ1n) is 5.21. The van der Waals surface area contributed by atoms with Gasteiger partial charge in [-0.1, -0.05) is 25.2 Å². The van der Waals surface area contributed by atoms with E-state index in [1.165, 1.54) is 5.57 Å². The average Bonchev–Trinajstić information content (AvgIpc) is 2.12. The second kappa shape index (κ2) is 4.99. The molecule has 0 radical (unpaired) electrons. The smallest absolute Gasteiger partial charge is 0.120 e. The van der Waals surface area contributed by atoms with E-state index in [9.17, 15) is 0 Å². The molecule has 14 heavy (non-hydrogen) atoms. The summed E-state index contributed by atoms with van der Waals surface area (Å²) in [6, 6.07) is 0. The summed E-state index contributed by atoms with van der Waals surface area (Å²) in [7, 11) is 0. The van der Waals surface area contributed by atoms with Gasteiger partial charge < -0.3 is 4.90 Å². The Morgan fingerprint density at radius 1 is 1.57 bits per heavy atom. The first-order valence-corrected chi connectivity index (χ1v) is 5.21. The van der Waals surface area contributed by atoms with Gasteiger partial charge in [0.25, 0.3) is 0 Å². The molecule has 1 saturated heterocycles. The van der Waals surface area contributed by atoms with Crippen molar-refractivity contribution in [1.29, 1.82) is 0 Å². The van der Waals surface area contributed by atoms with Crippen LogP contribution in [0.2, 0.25) is 0 Å². The standard InChI is InChI=1S/C12H20N2/c1-5-10(2)6-7-13-12(4)14-8-11(3)9-14/h5,7,11H,4,6,8-9H2,1-3H3/b10-5-,13-7?. The maximum absolute atomic E-state index is 4.33. The topological polar surface area (TPSA) is 15.6 Å². The number of hydrogen-bond donors (Lipinski definition) is 0. The molecular weight excluding hydrogens is 172 g/mol. The fraction of sp³-hybridized carbons (Fsp3) is 0.583. The first kappa shape index (κ1) is 11.0. The Balaban J connectivity index is 2.27. The highest BCUT2D eigenvalue weighted by atomic mass is 15.3. The highest BCUT2D eigenvalue weighted by Gasteiger charge is 2.22. The molecule has 0 amide bonds. The number of likely N-dealkylation sites (tertiary alicyclic amines) is 1. The van der Waals surface area contributed by atoms with E-state index in [2.05, 4.69) is 43.3 Å². The minimum absolute atomic E-state index is 0.805. The van der Waals surface area contributed by atoms with Gasteiger partial charge in [-0.3, -0.25) is 0 Å².